The third kappa shape index (κ3) is 4.25. The average molecular weight is 375 g/mol. The Hall–Kier alpha value is -2.34. The highest BCUT2D eigenvalue weighted by molar-refractivity contribution is 7.92. The quantitative estimate of drug-likeness (QED) is 0.871. The van der Waals surface area contributed by atoms with Crippen LogP contribution in [0.4, 0.5) is 5.69 Å². The molecule has 140 valence electrons. The molecule has 0 aliphatic heterocycles. The number of nitrogens with one attached hydrogen (secondary N) is 1. The van der Waals surface area contributed by atoms with Crippen LogP contribution in [-0.4, -0.2) is 27.6 Å². The lowest BCUT2D eigenvalue weighted by atomic mass is 9.99. The van der Waals surface area contributed by atoms with Gasteiger partial charge in [0.05, 0.1) is 18.0 Å². The fraction of sp³-hybridized carbons (Fsp3) is 0.350. The van der Waals surface area contributed by atoms with Gasteiger partial charge in [0.25, 0.3) is 5.91 Å². The molecule has 0 aromatic heterocycles. The van der Waals surface area contributed by atoms with E-state index in [1.807, 2.05) is 32.9 Å². The van der Waals surface area contributed by atoms with Gasteiger partial charge in [0.2, 0.25) is 10.0 Å². The normalized spacial score (nSPS) is 12.5. The minimum atomic E-state index is -3.39. The molecule has 0 bridgehead atoms. The summed E-state index contributed by atoms with van der Waals surface area (Å²) in [5.74, 6) is -0.223. The first-order valence-electron chi connectivity index (χ1n) is 8.44. The Morgan fingerprint density at radius 2 is 1.77 bits per heavy atom. The van der Waals surface area contributed by atoms with E-state index in [9.17, 15) is 13.2 Å². The minimum Gasteiger partial charge on any atom is -0.345 e. The number of sulfonamides is 1. The molecule has 2 aromatic carbocycles. The predicted molar refractivity (Wildman–Crippen MR) is 106 cm³/mol. The first kappa shape index (κ1) is 20.0. The van der Waals surface area contributed by atoms with Crippen molar-refractivity contribution in [2.75, 3.05) is 17.6 Å². The number of amides is 1. The number of hydrogen-bond acceptors (Lipinski definition) is 3. The second kappa shape index (κ2) is 7.50. The van der Waals surface area contributed by atoms with Crippen molar-refractivity contribution in [3.8, 4) is 0 Å². The molecule has 6 heteroatoms. The van der Waals surface area contributed by atoms with Crippen LogP contribution >= 0.6 is 0 Å². The summed E-state index contributed by atoms with van der Waals surface area (Å²) in [7, 11) is -1.91. The zero-order valence-electron chi connectivity index (χ0n) is 16.1. The van der Waals surface area contributed by atoms with E-state index in [4.69, 9.17) is 0 Å². The van der Waals surface area contributed by atoms with Gasteiger partial charge in [0.15, 0.2) is 0 Å². The van der Waals surface area contributed by atoms with E-state index in [0.717, 1.165) is 17.4 Å². The molecule has 26 heavy (non-hydrogen) atoms. The van der Waals surface area contributed by atoms with Crippen LogP contribution in [0.3, 0.4) is 0 Å². The zero-order valence-corrected chi connectivity index (χ0v) is 16.9. The van der Waals surface area contributed by atoms with E-state index < -0.39 is 10.0 Å². The molecule has 1 amide bonds. The molecule has 0 unspecified atom stereocenters. The standard InChI is InChI=1S/C20H26N2O3S/c1-13-10-11-17(14(2)12-13)16(4)21-20(23)18-8-7-9-19(15(18)3)22(5)26(6,24)25/h7-12,16H,1-6H3,(H,21,23)/t16-/m1/s1. The summed E-state index contributed by atoms with van der Waals surface area (Å²) in [5.41, 5.74) is 4.96. The Labute approximate surface area is 156 Å². The topological polar surface area (TPSA) is 66.5 Å². The maximum Gasteiger partial charge on any atom is 0.252 e. The average Bonchev–Trinajstić information content (AvgIpc) is 2.53. The number of nitrogens with zero attached hydrogens (tertiary/aromatic N) is 1. The first-order valence-corrected chi connectivity index (χ1v) is 10.3. The molecule has 0 aliphatic carbocycles. The molecule has 1 N–H and O–H groups in total. The van der Waals surface area contributed by atoms with Crippen LogP contribution in [-0.2, 0) is 10.0 Å². The summed E-state index contributed by atoms with van der Waals surface area (Å²) in [6.07, 6.45) is 1.14. The van der Waals surface area contributed by atoms with Gasteiger partial charge in [-0.2, -0.15) is 0 Å². The summed E-state index contributed by atoms with van der Waals surface area (Å²) in [6.45, 7) is 7.76. The third-order valence-electron chi connectivity index (χ3n) is 4.63. The van der Waals surface area contributed by atoms with E-state index in [1.54, 1.807) is 25.1 Å². The number of carbonyl (C=O) groups excluding carboxylic acids is 1. The fourth-order valence-electron chi connectivity index (χ4n) is 3.05. The maximum atomic E-state index is 12.8. The van der Waals surface area contributed by atoms with Gasteiger partial charge < -0.3 is 5.32 Å². The highest BCUT2D eigenvalue weighted by atomic mass is 32.2. The molecule has 5 nitrogen and oxygen atoms in total. The molecule has 0 aliphatic rings. The predicted octanol–water partition coefficient (Wildman–Crippen LogP) is 3.50. The van der Waals surface area contributed by atoms with Gasteiger partial charge in [-0.3, -0.25) is 9.10 Å². The van der Waals surface area contributed by atoms with Gasteiger partial charge in [-0.05, 0) is 56.5 Å². The molecule has 0 heterocycles. The molecule has 1 atom stereocenters. The van der Waals surface area contributed by atoms with Gasteiger partial charge in [-0.25, -0.2) is 8.42 Å². The van der Waals surface area contributed by atoms with Crippen molar-refractivity contribution >= 4 is 21.6 Å². The van der Waals surface area contributed by atoms with Crippen molar-refractivity contribution in [1.29, 1.82) is 0 Å². The Morgan fingerprint density at radius 1 is 1.12 bits per heavy atom. The van der Waals surface area contributed by atoms with Crippen molar-refractivity contribution < 1.29 is 13.2 Å². The van der Waals surface area contributed by atoms with E-state index in [1.165, 1.54) is 16.9 Å². The Morgan fingerprint density at radius 3 is 2.35 bits per heavy atom. The number of rotatable bonds is 5. The lowest BCUT2D eigenvalue weighted by Gasteiger charge is -2.22. The number of benzene rings is 2. The largest absolute Gasteiger partial charge is 0.345 e. The molecule has 2 rings (SSSR count). The highest BCUT2D eigenvalue weighted by Gasteiger charge is 2.20. The van der Waals surface area contributed by atoms with Crippen LogP contribution in [0.15, 0.2) is 36.4 Å². The maximum absolute atomic E-state index is 12.8. The highest BCUT2D eigenvalue weighted by Crippen LogP contribution is 2.25. The third-order valence-corrected chi connectivity index (χ3v) is 5.82. The fourth-order valence-corrected chi connectivity index (χ4v) is 3.61. The number of carbonyl (C=O) groups is 1. The molecular weight excluding hydrogens is 348 g/mol. The van der Waals surface area contributed by atoms with E-state index >= 15 is 0 Å². The molecular formula is C20H26N2O3S. The summed E-state index contributed by atoms with van der Waals surface area (Å²) in [4.78, 5) is 12.8. The summed E-state index contributed by atoms with van der Waals surface area (Å²) in [5, 5.41) is 3.01. The van der Waals surface area contributed by atoms with Gasteiger partial charge in [0.1, 0.15) is 0 Å². The van der Waals surface area contributed by atoms with Crippen LogP contribution in [0.25, 0.3) is 0 Å². The van der Waals surface area contributed by atoms with Gasteiger partial charge >= 0.3 is 0 Å². The van der Waals surface area contributed by atoms with Crippen LogP contribution in [0.1, 0.15) is 45.6 Å². The van der Waals surface area contributed by atoms with Crippen LogP contribution < -0.4 is 9.62 Å². The molecule has 0 fully saturated rings. The van der Waals surface area contributed by atoms with Gasteiger partial charge in [-0.15, -0.1) is 0 Å². The van der Waals surface area contributed by atoms with E-state index in [0.29, 0.717) is 16.8 Å². The zero-order chi connectivity index (χ0) is 19.6. The molecule has 0 saturated carbocycles. The number of aryl methyl sites for hydroxylation is 2. The van der Waals surface area contributed by atoms with Gasteiger partial charge in [-0.1, -0.05) is 29.8 Å². The smallest absolute Gasteiger partial charge is 0.252 e. The van der Waals surface area contributed by atoms with Crippen LogP contribution in [0.5, 0.6) is 0 Å². The van der Waals surface area contributed by atoms with Crippen molar-refractivity contribution in [3.63, 3.8) is 0 Å². The molecule has 0 radical (unpaired) electrons. The van der Waals surface area contributed by atoms with Crippen molar-refractivity contribution in [3.05, 3.63) is 64.2 Å². The van der Waals surface area contributed by atoms with E-state index in [2.05, 4.69) is 11.4 Å². The minimum absolute atomic E-state index is 0.154. The second-order valence-corrected chi connectivity index (χ2v) is 8.75. The van der Waals surface area contributed by atoms with Crippen LogP contribution in [0, 0.1) is 20.8 Å². The second-order valence-electron chi connectivity index (χ2n) is 6.74. The number of anilines is 1. The lowest BCUT2D eigenvalue weighted by Crippen LogP contribution is -2.29. The van der Waals surface area contributed by atoms with Crippen molar-refractivity contribution in [2.24, 2.45) is 0 Å². The summed E-state index contributed by atoms with van der Waals surface area (Å²) >= 11 is 0. The SMILES string of the molecule is Cc1ccc([C@@H](C)NC(=O)c2cccc(N(C)S(C)(=O)=O)c2C)c(C)c1. The Bertz CT molecular complexity index is 936. The molecule has 2 aromatic rings. The monoisotopic (exact) mass is 374 g/mol. The summed E-state index contributed by atoms with van der Waals surface area (Å²) < 4.78 is 24.8. The van der Waals surface area contributed by atoms with Crippen LogP contribution in [0.2, 0.25) is 0 Å². The Balaban J connectivity index is 2.30. The lowest BCUT2D eigenvalue weighted by molar-refractivity contribution is 0.0939. The first-order chi connectivity index (χ1) is 12.0. The molecule has 0 saturated heterocycles. The van der Waals surface area contributed by atoms with E-state index in [-0.39, 0.29) is 11.9 Å². The summed E-state index contributed by atoms with van der Waals surface area (Å²) in [6, 6.07) is 11.1. The Kier molecular flexibility index (Phi) is 5.76. The van der Waals surface area contributed by atoms with Gasteiger partial charge in [0, 0.05) is 12.6 Å². The van der Waals surface area contributed by atoms with Crippen molar-refractivity contribution in [1.82, 2.24) is 5.32 Å². The van der Waals surface area contributed by atoms with Crippen molar-refractivity contribution in [2.45, 2.75) is 33.7 Å². The number of hydrogen-bond donors (Lipinski definition) is 1. The molecule has 0 spiro atoms.